The number of fused-ring (bicyclic) bond motifs is 1. The number of thioether (sulfide) groups is 1. The van der Waals surface area contributed by atoms with Gasteiger partial charge in [-0.3, -0.25) is 4.57 Å². The second-order valence-electron chi connectivity index (χ2n) is 5.61. The zero-order valence-electron chi connectivity index (χ0n) is 13.9. The molecule has 0 atom stereocenters. The fourth-order valence-corrected chi connectivity index (χ4v) is 3.60. The normalized spacial score (nSPS) is 13.1. The van der Waals surface area contributed by atoms with Gasteiger partial charge in [-0.05, 0) is 36.4 Å². The third-order valence-electron chi connectivity index (χ3n) is 4.02. The largest absolute Gasteiger partial charge is 0.463 e. The minimum atomic E-state index is -0.500. The number of benzene rings is 1. The lowest BCUT2D eigenvalue weighted by Crippen LogP contribution is -2.14. The summed E-state index contributed by atoms with van der Waals surface area (Å²) >= 11 is 1.47. The van der Waals surface area contributed by atoms with Crippen molar-refractivity contribution in [3.63, 3.8) is 0 Å². The first-order valence-electron chi connectivity index (χ1n) is 7.92. The molecule has 134 valence electrons. The van der Waals surface area contributed by atoms with E-state index in [2.05, 4.69) is 14.9 Å². The van der Waals surface area contributed by atoms with Crippen LogP contribution < -0.4 is 4.90 Å². The van der Waals surface area contributed by atoms with Crippen molar-refractivity contribution in [2.45, 2.75) is 17.5 Å². The molecular formula is C17H15FN4O3S. The Labute approximate surface area is 152 Å². The van der Waals surface area contributed by atoms with Gasteiger partial charge in [0.15, 0.2) is 5.16 Å². The number of halogens is 1. The lowest BCUT2D eigenvalue weighted by atomic mass is 10.3. The SMILES string of the molecule is COC(=O)c1ccc(CSc2nnc3n2CCN3c2ccc(F)cc2)o1. The van der Waals surface area contributed by atoms with Crippen molar-refractivity contribution in [3.8, 4) is 0 Å². The zero-order valence-corrected chi connectivity index (χ0v) is 14.7. The Balaban J connectivity index is 1.47. The molecule has 2 aromatic heterocycles. The minimum absolute atomic E-state index is 0.178. The monoisotopic (exact) mass is 374 g/mol. The Bertz CT molecular complexity index is 938. The number of esters is 1. The van der Waals surface area contributed by atoms with Crippen LogP contribution in [-0.4, -0.2) is 34.4 Å². The summed E-state index contributed by atoms with van der Waals surface area (Å²) in [5, 5.41) is 9.25. The summed E-state index contributed by atoms with van der Waals surface area (Å²) in [4.78, 5) is 13.4. The van der Waals surface area contributed by atoms with Gasteiger partial charge in [0.05, 0.1) is 12.9 Å². The van der Waals surface area contributed by atoms with Gasteiger partial charge in [-0.1, -0.05) is 11.8 Å². The predicted octanol–water partition coefficient (Wildman–Crippen LogP) is 3.24. The molecule has 0 radical (unpaired) electrons. The lowest BCUT2D eigenvalue weighted by molar-refractivity contribution is 0.0563. The van der Waals surface area contributed by atoms with Crippen LogP contribution in [0.25, 0.3) is 0 Å². The van der Waals surface area contributed by atoms with Gasteiger partial charge in [0.1, 0.15) is 11.6 Å². The molecule has 9 heteroatoms. The molecule has 0 saturated carbocycles. The van der Waals surface area contributed by atoms with Gasteiger partial charge < -0.3 is 14.1 Å². The Morgan fingerprint density at radius 3 is 2.81 bits per heavy atom. The average molecular weight is 374 g/mol. The third kappa shape index (κ3) is 3.05. The standard InChI is InChI=1S/C17H15FN4O3S/c1-24-15(23)14-7-6-13(25-14)10-26-17-20-19-16-21(8-9-22(16)17)12-4-2-11(18)3-5-12/h2-7H,8-10H2,1H3. The first-order valence-corrected chi connectivity index (χ1v) is 8.90. The first-order chi connectivity index (χ1) is 12.7. The van der Waals surface area contributed by atoms with E-state index >= 15 is 0 Å². The van der Waals surface area contributed by atoms with E-state index in [1.165, 1.54) is 31.0 Å². The number of carbonyl (C=O) groups excluding carboxylic acids is 1. The van der Waals surface area contributed by atoms with Crippen molar-refractivity contribution in [2.24, 2.45) is 0 Å². The van der Waals surface area contributed by atoms with Crippen molar-refractivity contribution < 1.29 is 18.3 Å². The number of aromatic nitrogens is 3. The molecule has 1 aliphatic rings. The second-order valence-corrected chi connectivity index (χ2v) is 6.55. The smallest absolute Gasteiger partial charge is 0.373 e. The highest BCUT2D eigenvalue weighted by molar-refractivity contribution is 7.98. The van der Waals surface area contributed by atoms with Crippen molar-refractivity contribution in [2.75, 3.05) is 18.6 Å². The molecule has 3 heterocycles. The highest BCUT2D eigenvalue weighted by Gasteiger charge is 2.26. The summed E-state index contributed by atoms with van der Waals surface area (Å²) in [7, 11) is 1.31. The first kappa shape index (κ1) is 16.6. The molecule has 0 N–H and O–H groups in total. The van der Waals surface area contributed by atoms with E-state index in [0.29, 0.717) is 11.5 Å². The highest BCUT2D eigenvalue weighted by Crippen LogP contribution is 2.33. The Morgan fingerprint density at radius 1 is 1.23 bits per heavy atom. The van der Waals surface area contributed by atoms with E-state index in [-0.39, 0.29) is 11.6 Å². The maximum atomic E-state index is 13.1. The molecule has 1 aliphatic heterocycles. The quantitative estimate of drug-likeness (QED) is 0.501. The van der Waals surface area contributed by atoms with Crippen LogP contribution >= 0.6 is 11.8 Å². The molecule has 26 heavy (non-hydrogen) atoms. The second kappa shape index (κ2) is 6.83. The maximum Gasteiger partial charge on any atom is 0.373 e. The number of nitrogens with zero attached hydrogens (tertiary/aromatic N) is 4. The van der Waals surface area contributed by atoms with Crippen LogP contribution in [0.4, 0.5) is 16.0 Å². The molecule has 0 unspecified atom stereocenters. The van der Waals surface area contributed by atoms with Gasteiger partial charge in [-0.25, -0.2) is 9.18 Å². The van der Waals surface area contributed by atoms with E-state index in [4.69, 9.17) is 4.42 Å². The molecule has 1 aromatic carbocycles. The molecule has 0 saturated heterocycles. The number of rotatable bonds is 5. The zero-order chi connectivity index (χ0) is 18.1. The Kier molecular flexibility index (Phi) is 4.37. The van der Waals surface area contributed by atoms with E-state index in [1.54, 1.807) is 24.3 Å². The Hall–Kier alpha value is -2.81. The number of methoxy groups -OCH3 is 1. The summed E-state index contributed by atoms with van der Waals surface area (Å²) in [6, 6.07) is 9.64. The van der Waals surface area contributed by atoms with Crippen LogP contribution in [0.1, 0.15) is 16.3 Å². The van der Waals surface area contributed by atoms with Gasteiger partial charge in [-0.2, -0.15) is 0 Å². The molecule has 0 bridgehead atoms. The van der Waals surface area contributed by atoms with Crippen LogP contribution in [-0.2, 0) is 17.0 Å². The van der Waals surface area contributed by atoms with Gasteiger partial charge in [0.2, 0.25) is 11.7 Å². The lowest BCUT2D eigenvalue weighted by Gasteiger charge is -2.14. The van der Waals surface area contributed by atoms with E-state index in [1.807, 2.05) is 9.47 Å². The van der Waals surface area contributed by atoms with E-state index < -0.39 is 5.97 Å². The van der Waals surface area contributed by atoms with Gasteiger partial charge in [0.25, 0.3) is 0 Å². The van der Waals surface area contributed by atoms with Gasteiger partial charge >= 0.3 is 5.97 Å². The topological polar surface area (TPSA) is 73.4 Å². The van der Waals surface area contributed by atoms with E-state index in [9.17, 15) is 9.18 Å². The molecule has 0 amide bonds. The fraction of sp³-hybridized carbons (Fsp3) is 0.235. The molecule has 7 nitrogen and oxygen atoms in total. The van der Waals surface area contributed by atoms with Crippen LogP contribution in [0.5, 0.6) is 0 Å². The minimum Gasteiger partial charge on any atom is -0.463 e. The van der Waals surface area contributed by atoms with Crippen molar-refractivity contribution >= 4 is 29.4 Å². The van der Waals surface area contributed by atoms with Crippen molar-refractivity contribution in [3.05, 3.63) is 53.7 Å². The van der Waals surface area contributed by atoms with Crippen molar-refractivity contribution in [1.29, 1.82) is 0 Å². The van der Waals surface area contributed by atoms with Crippen LogP contribution in [0.3, 0.4) is 0 Å². The number of anilines is 2. The van der Waals surface area contributed by atoms with E-state index in [0.717, 1.165) is 29.9 Å². The van der Waals surface area contributed by atoms with Gasteiger partial charge in [0, 0.05) is 18.8 Å². The third-order valence-corrected chi connectivity index (χ3v) is 5.01. The summed E-state index contributed by atoms with van der Waals surface area (Å²) < 4.78 is 25.2. The van der Waals surface area contributed by atoms with Crippen molar-refractivity contribution in [1.82, 2.24) is 14.8 Å². The van der Waals surface area contributed by atoms with Gasteiger partial charge in [-0.15, -0.1) is 10.2 Å². The number of hydrogen-bond donors (Lipinski definition) is 0. The maximum absolute atomic E-state index is 13.1. The fourth-order valence-electron chi connectivity index (χ4n) is 2.75. The summed E-state index contributed by atoms with van der Waals surface area (Å²) in [5.74, 6) is 1.31. The number of hydrogen-bond acceptors (Lipinski definition) is 7. The Morgan fingerprint density at radius 2 is 2.04 bits per heavy atom. The van der Waals surface area contributed by atoms with Crippen LogP contribution in [0.15, 0.2) is 46.0 Å². The van der Waals surface area contributed by atoms with Crippen LogP contribution in [0, 0.1) is 5.82 Å². The summed E-state index contributed by atoms with van der Waals surface area (Å²) in [6.45, 7) is 1.49. The molecule has 0 spiro atoms. The molecule has 3 aromatic rings. The predicted molar refractivity (Wildman–Crippen MR) is 93.0 cm³/mol. The number of carbonyl (C=O) groups is 1. The molecule has 0 aliphatic carbocycles. The molecule has 0 fully saturated rings. The van der Waals surface area contributed by atoms with Crippen LogP contribution in [0.2, 0.25) is 0 Å². The number of ether oxygens (including phenoxy) is 1. The number of furan rings is 1. The summed E-state index contributed by atoms with van der Waals surface area (Å²) in [6.07, 6.45) is 0. The molecular weight excluding hydrogens is 359 g/mol. The average Bonchev–Trinajstić information content (AvgIpc) is 3.37. The molecule has 4 rings (SSSR count). The summed E-state index contributed by atoms with van der Waals surface area (Å²) in [5.41, 5.74) is 0.878. The highest BCUT2D eigenvalue weighted by atomic mass is 32.2.